The summed E-state index contributed by atoms with van der Waals surface area (Å²) in [5.74, 6) is -2.24. The van der Waals surface area contributed by atoms with E-state index in [-0.39, 0.29) is 29.1 Å². The number of benzene rings is 2. The number of hydrazone groups is 1. The average Bonchev–Trinajstić information content (AvgIpc) is 2.59. The number of anilines is 1. The zero-order valence-electron chi connectivity index (χ0n) is 14.5. The van der Waals surface area contributed by atoms with Crippen LogP contribution in [0, 0.1) is 0 Å². The monoisotopic (exact) mass is 395 g/mol. The van der Waals surface area contributed by atoms with Crippen molar-refractivity contribution in [3.63, 3.8) is 0 Å². The maximum atomic E-state index is 12.9. The van der Waals surface area contributed by atoms with Crippen LogP contribution in [0.1, 0.15) is 29.3 Å². The lowest BCUT2D eigenvalue weighted by Gasteiger charge is -2.13. The fourth-order valence-electron chi connectivity index (χ4n) is 2.22. The SMILES string of the molecule is C/C(CC(=O)Nc1ccccc1C(F)(F)F)=N/NC(=O)c1ccc(O)cc1O. The molecule has 0 aromatic heterocycles. The highest BCUT2D eigenvalue weighted by Gasteiger charge is 2.33. The second-order valence-corrected chi connectivity index (χ2v) is 5.76. The van der Waals surface area contributed by atoms with Crippen LogP contribution in [0.5, 0.6) is 11.5 Å². The second kappa shape index (κ2) is 8.42. The van der Waals surface area contributed by atoms with Gasteiger partial charge in [0, 0.05) is 11.8 Å². The van der Waals surface area contributed by atoms with Crippen molar-refractivity contribution in [2.75, 3.05) is 5.32 Å². The van der Waals surface area contributed by atoms with Gasteiger partial charge in [-0.3, -0.25) is 9.59 Å². The van der Waals surface area contributed by atoms with Crippen LogP contribution in [0.25, 0.3) is 0 Å². The maximum absolute atomic E-state index is 12.9. The summed E-state index contributed by atoms with van der Waals surface area (Å²) < 4.78 is 38.8. The summed E-state index contributed by atoms with van der Waals surface area (Å²) in [5.41, 5.74) is 0.714. The molecule has 28 heavy (non-hydrogen) atoms. The molecule has 0 saturated heterocycles. The predicted molar refractivity (Wildman–Crippen MR) is 95.0 cm³/mol. The van der Waals surface area contributed by atoms with Crippen molar-refractivity contribution in [2.45, 2.75) is 19.5 Å². The van der Waals surface area contributed by atoms with Gasteiger partial charge in [-0.05, 0) is 31.2 Å². The van der Waals surface area contributed by atoms with E-state index in [1.165, 1.54) is 31.2 Å². The second-order valence-electron chi connectivity index (χ2n) is 5.76. The number of phenolic OH excluding ortho intramolecular Hbond substituents is 2. The normalized spacial score (nSPS) is 11.8. The van der Waals surface area contributed by atoms with Crippen LogP contribution in [0.4, 0.5) is 18.9 Å². The standard InChI is InChI=1S/C18H16F3N3O4/c1-10(23-24-17(28)12-7-6-11(25)9-15(12)26)8-16(27)22-14-5-3-2-4-13(14)18(19,20)21/h2-7,9,25-26H,8H2,1H3,(H,22,27)(H,24,28)/b23-10-. The number of hydrogen-bond donors (Lipinski definition) is 4. The Morgan fingerprint density at radius 1 is 1.11 bits per heavy atom. The van der Waals surface area contributed by atoms with Gasteiger partial charge in [0.05, 0.1) is 23.2 Å². The number of aromatic hydroxyl groups is 2. The summed E-state index contributed by atoms with van der Waals surface area (Å²) in [6, 6.07) is 7.87. The zero-order chi connectivity index (χ0) is 20.9. The van der Waals surface area contributed by atoms with Crippen LogP contribution in [-0.4, -0.2) is 27.7 Å². The molecule has 4 N–H and O–H groups in total. The Bertz CT molecular complexity index is 927. The minimum atomic E-state index is -4.62. The van der Waals surface area contributed by atoms with Crippen molar-refractivity contribution in [1.82, 2.24) is 5.43 Å². The quantitative estimate of drug-likeness (QED) is 0.460. The molecule has 0 unspecified atom stereocenters. The number of hydrogen-bond acceptors (Lipinski definition) is 5. The van der Waals surface area contributed by atoms with Crippen molar-refractivity contribution < 1.29 is 33.0 Å². The third-order valence-corrected chi connectivity index (χ3v) is 3.50. The van der Waals surface area contributed by atoms with E-state index in [0.717, 1.165) is 18.2 Å². The van der Waals surface area contributed by atoms with E-state index in [1.54, 1.807) is 0 Å². The van der Waals surface area contributed by atoms with E-state index < -0.39 is 29.3 Å². The summed E-state index contributed by atoms with van der Waals surface area (Å²) in [5, 5.41) is 24.6. The topological polar surface area (TPSA) is 111 Å². The Morgan fingerprint density at radius 2 is 1.79 bits per heavy atom. The number of halogens is 3. The highest BCUT2D eigenvalue weighted by atomic mass is 19.4. The van der Waals surface area contributed by atoms with Crippen LogP contribution in [0.15, 0.2) is 47.6 Å². The van der Waals surface area contributed by atoms with Crippen LogP contribution in [0.3, 0.4) is 0 Å². The first-order valence-corrected chi connectivity index (χ1v) is 7.89. The molecule has 7 nitrogen and oxygen atoms in total. The highest BCUT2D eigenvalue weighted by molar-refractivity contribution is 6.06. The summed E-state index contributed by atoms with van der Waals surface area (Å²) >= 11 is 0. The lowest BCUT2D eigenvalue weighted by Crippen LogP contribution is -2.22. The van der Waals surface area contributed by atoms with E-state index in [4.69, 9.17) is 0 Å². The van der Waals surface area contributed by atoms with E-state index in [1.807, 2.05) is 0 Å². The molecule has 0 atom stereocenters. The number of carbonyl (C=O) groups excluding carboxylic acids is 2. The Balaban J connectivity index is 2.00. The number of para-hydroxylation sites is 1. The molecule has 148 valence electrons. The third kappa shape index (κ3) is 5.47. The van der Waals surface area contributed by atoms with Gasteiger partial charge in [-0.2, -0.15) is 18.3 Å². The highest BCUT2D eigenvalue weighted by Crippen LogP contribution is 2.34. The zero-order valence-corrected chi connectivity index (χ0v) is 14.5. The molecular formula is C18H16F3N3O4. The van der Waals surface area contributed by atoms with Crippen molar-refractivity contribution in [3.8, 4) is 11.5 Å². The molecule has 0 bridgehead atoms. The number of phenols is 2. The van der Waals surface area contributed by atoms with Gasteiger partial charge in [0.25, 0.3) is 5.91 Å². The molecule has 2 aromatic carbocycles. The molecule has 0 aliphatic carbocycles. The van der Waals surface area contributed by atoms with E-state index in [2.05, 4.69) is 15.8 Å². The Hall–Kier alpha value is -3.56. The minimum absolute atomic E-state index is 0.119. The van der Waals surface area contributed by atoms with Gasteiger partial charge >= 0.3 is 6.18 Å². The van der Waals surface area contributed by atoms with E-state index in [0.29, 0.717) is 0 Å². The lowest BCUT2D eigenvalue weighted by atomic mass is 10.1. The summed E-state index contributed by atoms with van der Waals surface area (Å²) in [4.78, 5) is 23.9. The van der Waals surface area contributed by atoms with Gasteiger partial charge in [0.15, 0.2) is 0 Å². The Morgan fingerprint density at radius 3 is 2.43 bits per heavy atom. The molecular weight excluding hydrogens is 379 g/mol. The van der Waals surface area contributed by atoms with E-state index >= 15 is 0 Å². The van der Waals surface area contributed by atoms with E-state index in [9.17, 15) is 33.0 Å². The molecule has 0 fully saturated rings. The van der Waals surface area contributed by atoms with Gasteiger partial charge in [0.1, 0.15) is 11.5 Å². The smallest absolute Gasteiger partial charge is 0.418 e. The lowest BCUT2D eigenvalue weighted by molar-refractivity contribution is -0.137. The van der Waals surface area contributed by atoms with Crippen LogP contribution in [-0.2, 0) is 11.0 Å². The molecule has 2 aromatic rings. The molecule has 0 saturated carbocycles. The van der Waals surface area contributed by atoms with Crippen LogP contribution in [0.2, 0.25) is 0 Å². The number of amides is 2. The largest absolute Gasteiger partial charge is 0.508 e. The molecule has 0 aliphatic rings. The van der Waals surface area contributed by atoms with Gasteiger partial charge in [-0.15, -0.1) is 0 Å². The molecule has 10 heteroatoms. The summed E-state index contributed by atoms with van der Waals surface area (Å²) in [6.07, 6.45) is -4.98. The maximum Gasteiger partial charge on any atom is 0.418 e. The number of nitrogens with zero attached hydrogens (tertiary/aromatic N) is 1. The first kappa shape index (κ1) is 20.7. The molecule has 0 heterocycles. The fourth-order valence-corrected chi connectivity index (χ4v) is 2.22. The number of carbonyl (C=O) groups is 2. The van der Waals surface area contributed by atoms with Crippen LogP contribution >= 0.6 is 0 Å². The number of nitrogens with one attached hydrogen (secondary N) is 2. The molecule has 0 aliphatic heterocycles. The molecule has 2 amide bonds. The Kier molecular flexibility index (Phi) is 6.24. The molecule has 0 spiro atoms. The summed E-state index contributed by atoms with van der Waals surface area (Å²) in [7, 11) is 0. The average molecular weight is 395 g/mol. The van der Waals surface area contributed by atoms with Crippen molar-refractivity contribution in [3.05, 3.63) is 53.6 Å². The van der Waals surface area contributed by atoms with Gasteiger partial charge < -0.3 is 15.5 Å². The van der Waals surface area contributed by atoms with Gasteiger partial charge in [-0.1, -0.05) is 12.1 Å². The first-order valence-electron chi connectivity index (χ1n) is 7.89. The van der Waals surface area contributed by atoms with Gasteiger partial charge in [-0.25, -0.2) is 5.43 Å². The van der Waals surface area contributed by atoms with Crippen molar-refractivity contribution in [1.29, 1.82) is 0 Å². The van der Waals surface area contributed by atoms with Crippen molar-refractivity contribution in [2.24, 2.45) is 5.10 Å². The van der Waals surface area contributed by atoms with Crippen LogP contribution < -0.4 is 10.7 Å². The summed E-state index contributed by atoms with van der Waals surface area (Å²) in [6.45, 7) is 1.40. The number of rotatable bonds is 5. The van der Waals surface area contributed by atoms with Gasteiger partial charge in [0.2, 0.25) is 5.91 Å². The molecule has 2 rings (SSSR count). The molecule has 0 radical (unpaired) electrons. The number of alkyl halides is 3. The van der Waals surface area contributed by atoms with Crippen molar-refractivity contribution >= 4 is 23.2 Å². The predicted octanol–water partition coefficient (Wildman–Crippen LogP) is 3.25. The Labute approximate surface area is 157 Å². The fraction of sp³-hybridized carbons (Fsp3) is 0.167. The third-order valence-electron chi connectivity index (χ3n) is 3.50. The first-order chi connectivity index (χ1) is 13.1. The minimum Gasteiger partial charge on any atom is -0.508 e.